The lowest BCUT2D eigenvalue weighted by atomic mass is 10.2. The Morgan fingerprint density at radius 3 is 2.64 bits per heavy atom. The molecule has 0 spiro atoms. The molecule has 14 heavy (non-hydrogen) atoms. The van der Waals surface area contributed by atoms with Gasteiger partial charge in [0.2, 0.25) is 0 Å². The number of aromatic nitrogens is 1. The summed E-state index contributed by atoms with van der Waals surface area (Å²) in [5.74, 6) is 0. The van der Waals surface area contributed by atoms with E-state index in [2.05, 4.69) is 43.4 Å². The monoisotopic (exact) mass is 212 g/mol. The predicted octanol–water partition coefficient (Wildman–Crippen LogP) is 2.48. The van der Waals surface area contributed by atoms with Crippen LogP contribution in [0.5, 0.6) is 0 Å². The summed E-state index contributed by atoms with van der Waals surface area (Å²) in [6.45, 7) is 9.37. The van der Waals surface area contributed by atoms with Crippen molar-refractivity contribution in [1.82, 2.24) is 9.88 Å². The van der Waals surface area contributed by atoms with Crippen molar-refractivity contribution in [3.05, 3.63) is 34.6 Å². The summed E-state index contributed by atoms with van der Waals surface area (Å²) in [5, 5.41) is 3.89. The van der Waals surface area contributed by atoms with Crippen LogP contribution in [0, 0.1) is 13.8 Å². The molecule has 0 aliphatic rings. The third-order valence-electron chi connectivity index (χ3n) is 2.51. The first-order valence-electron chi connectivity index (χ1n) is 4.68. The van der Waals surface area contributed by atoms with Crippen molar-refractivity contribution in [3.63, 3.8) is 0 Å². The number of rotatable bonds is 4. The third kappa shape index (κ3) is 2.63. The Kier molecular flexibility index (Phi) is 3.78. The van der Waals surface area contributed by atoms with E-state index in [0.29, 0.717) is 11.6 Å². The SMILES string of the molecule is C=C(Cl)CNCc1cc(C)n(C)c1C. The minimum atomic E-state index is 0.648. The zero-order valence-corrected chi connectivity index (χ0v) is 9.78. The van der Waals surface area contributed by atoms with E-state index >= 15 is 0 Å². The molecular formula is C11H17ClN2. The minimum absolute atomic E-state index is 0.648. The molecule has 0 atom stereocenters. The van der Waals surface area contributed by atoms with Gasteiger partial charge in [-0.1, -0.05) is 18.2 Å². The van der Waals surface area contributed by atoms with E-state index in [1.165, 1.54) is 17.0 Å². The molecule has 0 bridgehead atoms. The van der Waals surface area contributed by atoms with Crippen molar-refractivity contribution >= 4 is 11.6 Å². The highest BCUT2D eigenvalue weighted by Crippen LogP contribution is 2.12. The van der Waals surface area contributed by atoms with E-state index in [4.69, 9.17) is 11.6 Å². The van der Waals surface area contributed by atoms with Crippen molar-refractivity contribution in [3.8, 4) is 0 Å². The molecule has 1 rings (SSSR count). The Balaban J connectivity index is 2.59. The molecule has 1 aromatic heterocycles. The zero-order valence-electron chi connectivity index (χ0n) is 9.02. The quantitative estimate of drug-likeness (QED) is 0.812. The van der Waals surface area contributed by atoms with Crippen molar-refractivity contribution in [2.45, 2.75) is 20.4 Å². The summed E-state index contributed by atoms with van der Waals surface area (Å²) < 4.78 is 2.19. The van der Waals surface area contributed by atoms with Crippen LogP contribution in [0.4, 0.5) is 0 Å². The zero-order chi connectivity index (χ0) is 10.7. The molecular weight excluding hydrogens is 196 g/mol. The average molecular weight is 213 g/mol. The molecule has 1 aromatic rings. The Labute approximate surface area is 90.6 Å². The Hall–Kier alpha value is -0.730. The van der Waals surface area contributed by atoms with Crippen LogP contribution in [0.3, 0.4) is 0 Å². The normalized spacial score (nSPS) is 10.6. The topological polar surface area (TPSA) is 17.0 Å². The summed E-state index contributed by atoms with van der Waals surface area (Å²) in [5.41, 5.74) is 3.90. The van der Waals surface area contributed by atoms with Gasteiger partial charge in [0.1, 0.15) is 0 Å². The highest BCUT2D eigenvalue weighted by Gasteiger charge is 2.04. The van der Waals surface area contributed by atoms with E-state index < -0.39 is 0 Å². The van der Waals surface area contributed by atoms with E-state index in [0.717, 1.165) is 6.54 Å². The second kappa shape index (κ2) is 4.67. The van der Waals surface area contributed by atoms with Crippen LogP contribution >= 0.6 is 11.6 Å². The van der Waals surface area contributed by atoms with Crippen LogP contribution < -0.4 is 5.32 Å². The molecule has 0 amide bonds. The summed E-state index contributed by atoms with van der Waals surface area (Å²) in [6.07, 6.45) is 0. The molecule has 0 saturated carbocycles. The van der Waals surface area contributed by atoms with Crippen molar-refractivity contribution in [1.29, 1.82) is 0 Å². The Morgan fingerprint density at radius 1 is 1.57 bits per heavy atom. The fourth-order valence-corrected chi connectivity index (χ4v) is 1.54. The van der Waals surface area contributed by atoms with Gasteiger partial charge in [0.25, 0.3) is 0 Å². The fraction of sp³-hybridized carbons (Fsp3) is 0.455. The first kappa shape index (κ1) is 11.3. The van der Waals surface area contributed by atoms with Crippen LogP contribution in [0.2, 0.25) is 0 Å². The lowest BCUT2D eigenvalue weighted by Crippen LogP contribution is -2.14. The van der Waals surface area contributed by atoms with Gasteiger partial charge >= 0.3 is 0 Å². The van der Waals surface area contributed by atoms with Gasteiger partial charge in [-0.25, -0.2) is 0 Å². The van der Waals surface area contributed by atoms with Crippen LogP contribution in [0.1, 0.15) is 17.0 Å². The first-order chi connectivity index (χ1) is 6.52. The molecule has 0 fully saturated rings. The second-order valence-electron chi connectivity index (χ2n) is 3.58. The fourth-order valence-electron chi connectivity index (χ4n) is 1.45. The third-order valence-corrected chi connectivity index (χ3v) is 2.65. The molecule has 0 saturated heterocycles. The molecule has 2 nitrogen and oxygen atoms in total. The lowest BCUT2D eigenvalue weighted by Gasteiger charge is -2.04. The van der Waals surface area contributed by atoms with Gasteiger partial charge in [-0.2, -0.15) is 0 Å². The van der Waals surface area contributed by atoms with Gasteiger partial charge in [0.05, 0.1) is 0 Å². The van der Waals surface area contributed by atoms with E-state index in [1.54, 1.807) is 0 Å². The standard InChI is InChI=1S/C11H17ClN2/c1-8(12)6-13-7-11-5-9(2)14(4)10(11)3/h5,13H,1,6-7H2,2-4H3. The Morgan fingerprint density at radius 2 is 2.21 bits per heavy atom. The largest absolute Gasteiger partial charge is 0.352 e. The molecule has 0 aromatic carbocycles. The maximum atomic E-state index is 5.66. The lowest BCUT2D eigenvalue weighted by molar-refractivity contribution is 0.742. The number of nitrogens with zero attached hydrogens (tertiary/aromatic N) is 1. The number of halogens is 1. The van der Waals surface area contributed by atoms with Crippen molar-refractivity contribution < 1.29 is 0 Å². The number of nitrogens with one attached hydrogen (secondary N) is 1. The maximum Gasteiger partial charge on any atom is 0.0310 e. The predicted molar refractivity (Wildman–Crippen MR) is 61.6 cm³/mol. The van der Waals surface area contributed by atoms with Crippen LogP contribution in [-0.2, 0) is 13.6 Å². The molecule has 0 aliphatic carbocycles. The minimum Gasteiger partial charge on any atom is -0.352 e. The molecule has 78 valence electrons. The number of aryl methyl sites for hydroxylation is 1. The first-order valence-corrected chi connectivity index (χ1v) is 5.06. The smallest absolute Gasteiger partial charge is 0.0310 e. The molecule has 1 heterocycles. The number of hydrogen-bond donors (Lipinski definition) is 1. The van der Waals surface area contributed by atoms with Crippen LogP contribution in [0.15, 0.2) is 17.7 Å². The van der Waals surface area contributed by atoms with E-state index in [1.807, 2.05) is 0 Å². The molecule has 3 heteroatoms. The van der Waals surface area contributed by atoms with Crippen molar-refractivity contribution in [2.24, 2.45) is 7.05 Å². The Bertz CT molecular complexity index is 339. The maximum absolute atomic E-state index is 5.66. The molecule has 0 aliphatic heterocycles. The van der Waals surface area contributed by atoms with E-state index in [-0.39, 0.29) is 0 Å². The molecule has 0 radical (unpaired) electrons. The van der Waals surface area contributed by atoms with Crippen molar-refractivity contribution in [2.75, 3.05) is 6.54 Å². The van der Waals surface area contributed by atoms with Gasteiger partial charge < -0.3 is 9.88 Å². The van der Waals surface area contributed by atoms with Gasteiger partial charge in [-0.05, 0) is 25.5 Å². The highest BCUT2D eigenvalue weighted by atomic mass is 35.5. The molecule has 1 N–H and O–H groups in total. The second-order valence-corrected chi connectivity index (χ2v) is 4.11. The van der Waals surface area contributed by atoms with Gasteiger partial charge in [-0.3, -0.25) is 0 Å². The van der Waals surface area contributed by atoms with Crippen LogP contribution in [0.25, 0.3) is 0 Å². The highest BCUT2D eigenvalue weighted by molar-refractivity contribution is 6.29. The summed E-state index contributed by atoms with van der Waals surface area (Å²) in [4.78, 5) is 0. The number of hydrogen-bond acceptors (Lipinski definition) is 1. The van der Waals surface area contributed by atoms with Gasteiger partial charge in [0, 0.05) is 36.6 Å². The van der Waals surface area contributed by atoms with Crippen LogP contribution in [-0.4, -0.2) is 11.1 Å². The van der Waals surface area contributed by atoms with Gasteiger partial charge in [-0.15, -0.1) is 0 Å². The summed E-state index contributed by atoms with van der Waals surface area (Å²) in [7, 11) is 2.08. The van der Waals surface area contributed by atoms with E-state index in [9.17, 15) is 0 Å². The average Bonchev–Trinajstić information content (AvgIpc) is 2.33. The summed E-state index contributed by atoms with van der Waals surface area (Å²) in [6, 6.07) is 2.19. The summed E-state index contributed by atoms with van der Waals surface area (Å²) >= 11 is 5.66. The van der Waals surface area contributed by atoms with Gasteiger partial charge in [0.15, 0.2) is 0 Å². The molecule has 0 unspecified atom stereocenters.